The molecule has 0 radical (unpaired) electrons. The molecule has 1 aromatic carbocycles. The van der Waals surface area contributed by atoms with E-state index in [1.165, 1.54) is 29.2 Å². The van der Waals surface area contributed by atoms with Crippen molar-refractivity contribution in [2.75, 3.05) is 10.6 Å². The van der Waals surface area contributed by atoms with Crippen molar-refractivity contribution in [3.63, 3.8) is 0 Å². The van der Waals surface area contributed by atoms with Crippen LogP contribution in [0.15, 0.2) is 22.5 Å². The number of hydrogen-bond donors (Lipinski definition) is 2. The summed E-state index contributed by atoms with van der Waals surface area (Å²) in [6.45, 7) is 5.65. The molecule has 0 fully saturated rings. The first kappa shape index (κ1) is 17.6. The van der Waals surface area contributed by atoms with E-state index in [9.17, 15) is 13.6 Å². The molecule has 0 saturated carbocycles. The molecule has 2 aromatic rings. The van der Waals surface area contributed by atoms with Gasteiger partial charge in [0, 0.05) is 12.1 Å². The van der Waals surface area contributed by atoms with Crippen LogP contribution in [0.5, 0.6) is 0 Å². The average Bonchev–Trinajstić information content (AvgIpc) is 2.88. The molecule has 0 unspecified atom stereocenters. The Labute approximate surface area is 140 Å². The molecule has 1 amide bonds. The van der Waals surface area contributed by atoms with Crippen molar-refractivity contribution in [2.24, 2.45) is 0 Å². The van der Waals surface area contributed by atoms with Crippen LogP contribution in [0.3, 0.4) is 0 Å². The van der Waals surface area contributed by atoms with E-state index in [1.807, 2.05) is 13.8 Å². The van der Waals surface area contributed by atoms with Gasteiger partial charge >= 0.3 is 0 Å². The van der Waals surface area contributed by atoms with E-state index < -0.39 is 22.8 Å². The van der Waals surface area contributed by atoms with Crippen molar-refractivity contribution in [1.82, 2.24) is 10.2 Å². The summed E-state index contributed by atoms with van der Waals surface area (Å²) >= 11 is 2.57. The molecule has 1 atom stereocenters. The van der Waals surface area contributed by atoms with E-state index >= 15 is 0 Å². The third kappa shape index (κ3) is 5.14. The summed E-state index contributed by atoms with van der Waals surface area (Å²) in [5, 5.41) is 13.7. The van der Waals surface area contributed by atoms with E-state index in [0.717, 1.165) is 12.1 Å². The number of anilines is 2. The van der Waals surface area contributed by atoms with E-state index in [0.29, 0.717) is 9.47 Å². The maximum absolute atomic E-state index is 13.5. The molecule has 5 nitrogen and oxygen atoms in total. The molecule has 0 aliphatic rings. The highest BCUT2D eigenvalue weighted by molar-refractivity contribution is 8.02. The van der Waals surface area contributed by atoms with Crippen molar-refractivity contribution in [2.45, 2.75) is 36.4 Å². The van der Waals surface area contributed by atoms with Gasteiger partial charge in [-0.3, -0.25) is 4.79 Å². The Kier molecular flexibility index (Phi) is 5.89. The van der Waals surface area contributed by atoms with Gasteiger partial charge in [-0.15, -0.1) is 10.2 Å². The zero-order valence-corrected chi connectivity index (χ0v) is 14.4. The predicted octanol–water partition coefficient (Wildman–Crippen LogP) is 3.76. The van der Waals surface area contributed by atoms with Crippen molar-refractivity contribution in [3.8, 4) is 0 Å². The molecule has 0 spiro atoms. The van der Waals surface area contributed by atoms with Crippen molar-refractivity contribution >= 4 is 39.8 Å². The van der Waals surface area contributed by atoms with Crippen LogP contribution in [0.1, 0.15) is 20.8 Å². The van der Waals surface area contributed by atoms with Gasteiger partial charge in [0.2, 0.25) is 11.0 Å². The number of nitrogens with one attached hydrogen (secondary N) is 2. The first-order valence-corrected chi connectivity index (χ1v) is 8.57. The van der Waals surface area contributed by atoms with Crippen LogP contribution in [-0.4, -0.2) is 27.4 Å². The fourth-order valence-electron chi connectivity index (χ4n) is 1.59. The zero-order chi connectivity index (χ0) is 17.0. The lowest BCUT2D eigenvalue weighted by Crippen LogP contribution is -2.22. The molecule has 124 valence electrons. The first-order chi connectivity index (χ1) is 10.8. The van der Waals surface area contributed by atoms with Gasteiger partial charge in [-0.25, -0.2) is 8.78 Å². The van der Waals surface area contributed by atoms with Gasteiger partial charge < -0.3 is 10.6 Å². The van der Waals surface area contributed by atoms with Gasteiger partial charge in [-0.2, -0.15) is 0 Å². The van der Waals surface area contributed by atoms with Gasteiger partial charge in [-0.1, -0.05) is 23.1 Å². The number of rotatable bonds is 6. The summed E-state index contributed by atoms with van der Waals surface area (Å²) in [4.78, 5) is 12.1. The van der Waals surface area contributed by atoms with E-state index in [4.69, 9.17) is 0 Å². The van der Waals surface area contributed by atoms with Gasteiger partial charge in [-0.05, 0) is 32.9 Å². The summed E-state index contributed by atoms with van der Waals surface area (Å²) in [6.07, 6.45) is 0. The standard InChI is InChI=1S/C14H16F2N4OS2/c1-7(2)17-13-19-20-14(23-13)22-8(3)12(21)18-11-5-4-9(15)6-10(11)16/h4-8H,1-3H3,(H,17,19)(H,18,21)/t8-/m0/s1. The maximum Gasteiger partial charge on any atom is 0.237 e. The highest BCUT2D eigenvalue weighted by Gasteiger charge is 2.18. The molecule has 0 aliphatic heterocycles. The number of halogens is 2. The third-order valence-corrected chi connectivity index (χ3v) is 4.69. The van der Waals surface area contributed by atoms with Crippen molar-refractivity contribution < 1.29 is 13.6 Å². The molecule has 9 heteroatoms. The van der Waals surface area contributed by atoms with Gasteiger partial charge in [0.15, 0.2) is 4.34 Å². The second kappa shape index (κ2) is 7.69. The summed E-state index contributed by atoms with van der Waals surface area (Å²) in [5.41, 5.74) is -0.0525. The lowest BCUT2D eigenvalue weighted by molar-refractivity contribution is -0.115. The molecule has 0 bridgehead atoms. The number of thioether (sulfide) groups is 1. The molecular formula is C14H16F2N4OS2. The Balaban J connectivity index is 1.95. The smallest absolute Gasteiger partial charge is 0.237 e. The molecule has 0 saturated heterocycles. The number of hydrogen-bond acceptors (Lipinski definition) is 6. The molecule has 1 aromatic heterocycles. The van der Waals surface area contributed by atoms with Gasteiger partial charge in [0.05, 0.1) is 10.9 Å². The fraction of sp³-hybridized carbons (Fsp3) is 0.357. The molecule has 23 heavy (non-hydrogen) atoms. The molecule has 2 N–H and O–H groups in total. The minimum absolute atomic E-state index is 0.0525. The van der Waals surface area contributed by atoms with Crippen molar-refractivity contribution in [3.05, 3.63) is 29.8 Å². The lowest BCUT2D eigenvalue weighted by Gasteiger charge is -2.10. The lowest BCUT2D eigenvalue weighted by atomic mass is 10.3. The number of benzene rings is 1. The second-order valence-corrected chi connectivity index (χ2v) is 7.61. The molecule has 0 aliphatic carbocycles. The normalized spacial score (nSPS) is 12.3. The second-order valence-electron chi connectivity index (χ2n) is 5.05. The Morgan fingerprint density at radius 2 is 2.00 bits per heavy atom. The van der Waals surface area contributed by atoms with Gasteiger partial charge in [0.1, 0.15) is 11.6 Å². The Morgan fingerprint density at radius 3 is 2.65 bits per heavy atom. The largest absolute Gasteiger partial charge is 0.358 e. The Hall–Kier alpha value is -1.74. The van der Waals surface area contributed by atoms with Crippen LogP contribution in [0.25, 0.3) is 0 Å². The van der Waals surface area contributed by atoms with E-state index in [1.54, 1.807) is 6.92 Å². The predicted molar refractivity (Wildman–Crippen MR) is 89.0 cm³/mol. The van der Waals surface area contributed by atoms with Crippen LogP contribution in [-0.2, 0) is 4.79 Å². The number of nitrogens with zero attached hydrogens (tertiary/aromatic N) is 2. The maximum atomic E-state index is 13.5. The van der Waals surface area contributed by atoms with E-state index in [-0.39, 0.29) is 11.7 Å². The number of aromatic nitrogens is 2. The molecule has 2 rings (SSSR count). The number of carbonyl (C=O) groups is 1. The summed E-state index contributed by atoms with van der Waals surface area (Å²) in [6, 6.07) is 3.24. The van der Waals surface area contributed by atoms with Crippen molar-refractivity contribution in [1.29, 1.82) is 0 Å². The van der Waals surface area contributed by atoms with Crippen LogP contribution in [0.2, 0.25) is 0 Å². The fourth-order valence-corrected chi connectivity index (χ4v) is 3.63. The van der Waals surface area contributed by atoms with E-state index in [2.05, 4.69) is 20.8 Å². The minimum atomic E-state index is -0.810. The topological polar surface area (TPSA) is 66.9 Å². The molecule has 1 heterocycles. The third-order valence-electron chi connectivity index (χ3n) is 2.65. The first-order valence-electron chi connectivity index (χ1n) is 6.87. The highest BCUT2D eigenvalue weighted by Crippen LogP contribution is 2.29. The SMILES string of the molecule is CC(C)Nc1nnc(S[C@@H](C)C(=O)Nc2ccc(F)cc2F)s1. The number of amides is 1. The summed E-state index contributed by atoms with van der Waals surface area (Å²) in [5.74, 6) is -1.90. The average molecular weight is 358 g/mol. The number of carbonyl (C=O) groups excluding carboxylic acids is 1. The van der Waals surface area contributed by atoms with Gasteiger partial charge in [0.25, 0.3) is 0 Å². The highest BCUT2D eigenvalue weighted by atomic mass is 32.2. The Morgan fingerprint density at radius 1 is 1.26 bits per heavy atom. The van der Waals surface area contributed by atoms with Crippen LogP contribution >= 0.6 is 23.1 Å². The zero-order valence-electron chi connectivity index (χ0n) is 12.8. The summed E-state index contributed by atoms with van der Waals surface area (Å²) in [7, 11) is 0. The molecular weight excluding hydrogens is 342 g/mol. The quantitative estimate of drug-likeness (QED) is 0.770. The summed E-state index contributed by atoms with van der Waals surface area (Å²) < 4.78 is 27.0. The minimum Gasteiger partial charge on any atom is -0.358 e. The van der Waals surface area contributed by atoms with Crippen LogP contribution in [0, 0.1) is 11.6 Å². The monoisotopic (exact) mass is 358 g/mol. The van der Waals surface area contributed by atoms with Crippen LogP contribution in [0.4, 0.5) is 19.6 Å². The van der Waals surface area contributed by atoms with Crippen LogP contribution < -0.4 is 10.6 Å². The Bertz CT molecular complexity index is 693.